The summed E-state index contributed by atoms with van der Waals surface area (Å²) in [5.74, 6) is -2.27. The fraction of sp³-hybridized carbons (Fsp3) is 0.978. The number of rotatable bonds is 11. The minimum Gasteiger partial charge on any atom is -0.479 e. The van der Waals surface area contributed by atoms with E-state index in [9.17, 15) is 71.2 Å². The standard InChI is InChI=1S/C21H36O14.C8H16O5.2C8H16O4/c1-6-10(22)14(26)20(34-16(6)19(28)29)31-5-9-12(24)13(25)15(27)21(33-9)35-17-8(3)32-7(2)11(23)18(17)30-4;1-4-6(10)7(11)8(12-2)5(3-9)13-4;2*1-4-6(9)8(11-3)7(10)5(2)12-4/h6-18,20-27H,5H2,1-4H3,(H,28,29);4-11H,3H2,1-2H3;2*4-10H,1-3H3/t6-,7?,8?,9?,10-,11-,12+,13-,14?,15?,16?,17?,18-,20-,21+;4-,5?,6-,7?,8-;4?,5?,6-,7?,8?;4-,5?,6?,7+,8?/m0101/s1. The molecule has 27 nitrogen and oxygen atoms in total. The number of aliphatic hydroxyl groups is 13. The topological polar surface area (TPSA) is 411 Å². The Hall–Kier alpha value is -1.53. The van der Waals surface area contributed by atoms with E-state index in [1.54, 1.807) is 48.5 Å². The van der Waals surface area contributed by atoms with Crippen LogP contribution in [0.3, 0.4) is 0 Å². The molecule has 14 N–H and O–H groups in total. The SMILES string of the molecule is COC1C(O)C(C)OC(C)[C@@H]1O.COC1C(O)[C@@H](C)OC(C)[C@@H]1O.CO[C@@H]1C(CO)O[C@H](C)[C@@H](O)C1O.CO[C@@H]1C(O[C@H]2OC(CO[C@H]3OC(C(=O)O)[C@@H](C)[C@H](O)C3O)[C@@H](O)[C@H](O)C2O)C(C)OC(C)[C@@H]1O. The van der Waals surface area contributed by atoms with Gasteiger partial charge in [-0.3, -0.25) is 0 Å². The van der Waals surface area contributed by atoms with Gasteiger partial charge in [-0.1, -0.05) is 6.92 Å². The lowest BCUT2D eigenvalue weighted by Gasteiger charge is -2.46. The summed E-state index contributed by atoms with van der Waals surface area (Å²) in [5.41, 5.74) is 0. The fourth-order valence-electron chi connectivity index (χ4n) is 9.21. The molecule has 27 heteroatoms. The van der Waals surface area contributed by atoms with Gasteiger partial charge in [0.05, 0.1) is 62.0 Å². The Labute approximate surface area is 418 Å². The molecule has 6 fully saturated rings. The van der Waals surface area contributed by atoms with Crippen molar-refractivity contribution in [3.63, 3.8) is 0 Å². The summed E-state index contributed by atoms with van der Waals surface area (Å²) in [6, 6.07) is 0. The first kappa shape index (κ1) is 64.8. The van der Waals surface area contributed by atoms with Crippen LogP contribution < -0.4 is 0 Å². The Morgan fingerprint density at radius 3 is 1.21 bits per heavy atom. The summed E-state index contributed by atoms with van der Waals surface area (Å²) < 4.78 is 63.7. The van der Waals surface area contributed by atoms with Crippen molar-refractivity contribution in [2.45, 2.75) is 233 Å². The summed E-state index contributed by atoms with van der Waals surface area (Å²) in [7, 11) is 5.73. The Bertz CT molecular complexity index is 1490. The highest BCUT2D eigenvalue weighted by molar-refractivity contribution is 5.73. The van der Waals surface area contributed by atoms with Gasteiger partial charge in [-0.2, -0.15) is 0 Å². The van der Waals surface area contributed by atoms with Gasteiger partial charge in [0.25, 0.3) is 0 Å². The first-order chi connectivity index (χ1) is 33.6. The van der Waals surface area contributed by atoms with Crippen LogP contribution in [0.4, 0.5) is 0 Å². The summed E-state index contributed by atoms with van der Waals surface area (Å²) in [6.07, 6.45) is -26.8. The van der Waals surface area contributed by atoms with Crippen molar-refractivity contribution >= 4 is 5.97 Å². The lowest BCUT2D eigenvalue weighted by Crippen LogP contribution is -2.64. The van der Waals surface area contributed by atoms with E-state index in [-0.39, 0.29) is 31.0 Å². The number of ether oxygens (including phenoxy) is 12. The van der Waals surface area contributed by atoms with E-state index in [0.29, 0.717) is 0 Å². The van der Waals surface area contributed by atoms with E-state index in [0.717, 1.165) is 0 Å². The number of methoxy groups -OCH3 is 4. The van der Waals surface area contributed by atoms with Crippen LogP contribution in [0.1, 0.15) is 55.4 Å². The van der Waals surface area contributed by atoms with Gasteiger partial charge in [0, 0.05) is 34.4 Å². The second-order valence-corrected chi connectivity index (χ2v) is 19.0. The molecule has 426 valence electrons. The zero-order chi connectivity index (χ0) is 54.8. The number of hydrogen-bond acceptors (Lipinski definition) is 26. The molecular weight excluding hydrogens is 972 g/mol. The largest absolute Gasteiger partial charge is 0.479 e. The summed E-state index contributed by atoms with van der Waals surface area (Å²) in [4.78, 5) is 11.4. The lowest BCUT2D eigenvalue weighted by molar-refractivity contribution is -0.349. The van der Waals surface area contributed by atoms with E-state index in [1.165, 1.54) is 35.4 Å². The molecule has 0 spiro atoms. The number of aliphatic hydroxyl groups excluding tert-OH is 13. The molecule has 0 aromatic rings. The number of aliphatic carboxylic acids is 1. The summed E-state index contributed by atoms with van der Waals surface area (Å²) in [6.45, 7) is 12.7. The quantitative estimate of drug-likeness (QED) is 0.0916. The molecule has 0 radical (unpaired) electrons. The number of hydrogen-bond donors (Lipinski definition) is 14. The van der Waals surface area contributed by atoms with Crippen molar-refractivity contribution in [3.05, 3.63) is 0 Å². The molecule has 6 heterocycles. The zero-order valence-electron chi connectivity index (χ0n) is 42.8. The molecule has 6 aliphatic rings. The van der Waals surface area contributed by atoms with Crippen LogP contribution >= 0.6 is 0 Å². The van der Waals surface area contributed by atoms with E-state index < -0.39 is 171 Å². The van der Waals surface area contributed by atoms with Crippen LogP contribution in [0.25, 0.3) is 0 Å². The third-order valence-electron chi connectivity index (χ3n) is 13.9. The number of carbonyl (C=O) groups is 1. The highest BCUT2D eigenvalue weighted by atomic mass is 16.7. The molecule has 0 amide bonds. The minimum atomic E-state index is -1.72. The van der Waals surface area contributed by atoms with Gasteiger partial charge >= 0.3 is 5.97 Å². The molecule has 6 saturated heterocycles. The Morgan fingerprint density at radius 2 is 0.792 bits per heavy atom. The van der Waals surface area contributed by atoms with Crippen LogP contribution in [0.2, 0.25) is 0 Å². The van der Waals surface area contributed by atoms with Gasteiger partial charge in [0.1, 0.15) is 110 Å². The smallest absolute Gasteiger partial charge is 0.333 e. The molecular formula is C45H84O27. The second-order valence-electron chi connectivity index (χ2n) is 19.0. The normalized spacial score (nSPS) is 49.7. The average molecular weight is 1060 g/mol. The molecule has 6 aliphatic heterocycles. The maximum absolute atomic E-state index is 11.4. The molecule has 30 atom stereocenters. The van der Waals surface area contributed by atoms with Crippen molar-refractivity contribution in [1.82, 2.24) is 0 Å². The van der Waals surface area contributed by atoms with E-state index in [1.807, 2.05) is 0 Å². The van der Waals surface area contributed by atoms with E-state index >= 15 is 0 Å². The Kier molecular flexibility index (Phi) is 26.3. The highest BCUT2D eigenvalue weighted by Gasteiger charge is 2.52. The predicted octanol–water partition coefficient (Wildman–Crippen LogP) is -5.89. The van der Waals surface area contributed by atoms with Gasteiger partial charge in [0.2, 0.25) is 0 Å². The van der Waals surface area contributed by atoms with Gasteiger partial charge in [0.15, 0.2) is 18.7 Å². The molecule has 0 saturated carbocycles. The van der Waals surface area contributed by atoms with E-state index in [4.69, 9.17) is 61.9 Å². The fourth-order valence-corrected chi connectivity index (χ4v) is 9.21. The van der Waals surface area contributed by atoms with Crippen LogP contribution in [-0.2, 0) is 61.6 Å². The molecule has 16 unspecified atom stereocenters. The van der Waals surface area contributed by atoms with E-state index in [2.05, 4.69) is 0 Å². The monoisotopic (exact) mass is 1060 g/mol. The lowest BCUT2D eigenvalue weighted by atomic mass is 9.91. The Balaban J connectivity index is 0.000000300. The van der Waals surface area contributed by atoms with Crippen LogP contribution in [-0.4, -0.2) is 297 Å². The van der Waals surface area contributed by atoms with Crippen molar-refractivity contribution < 1.29 is 133 Å². The third-order valence-corrected chi connectivity index (χ3v) is 13.9. The highest BCUT2D eigenvalue weighted by Crippen LogP contribution is 2.32. The maximum atomic E-state index is 11.4. The molecule has 0 aliphatic carbocycles. The minimum absolute atomic E-state index is 0.230. The van der Waals surface area contributed by atoms with Gasteiger partial charge in [-0.05, 0) is 48.5 Å². The first-order valence-corrected chi connectivity index (χ1v) is 24.0. The van der Waals surface area contributed by atoms with Crippen molar-refractivity contribution in [1.29, 1.82) is 0 Å². The van der Waals surface area contributed by atoms with Gasteiger partial charge in [-0.25, -0.2) is 4.79 Å². The van der Waals surface area contributed by atoms with Gasteiger partial charge in [-0.15, -0.1) is 0 Å². The number of carboxylic acid groups (broad SMARTS) is 1. The maximum Gasteiger partial charge on any atom is 0.333 e. The Morgan fingerprint density at radius 1 is 0.389 bits per heavy atom. The van der Waals surface area contributed by atoms with Crippen molar-refractivity contribution in [3.8, 4) is 0 Å². The first-order valence-electron chi connectivity index (χ1n) is 24.0. The second kappa shape index (κ2) is 29.3. The molecule has 0 bridgehead atoms. The average Bonchev–Trinajstić information content (AvgIpc) is 3.34. The third kappa shape index (κ3) is 15.6. The van der Waals surface area contributed by atoms with Crippen molar-refractivity contribution in [2.75, 3.05) is 41.7 Å². The predicted molar refractivity (Wildman–Crippen MR) is 242 cm³/mol. The summed E-state index contributed by atoms with van der Waals surface area (Å²) in [5, 5.41) is 137. The van der Waals surface area contributed by atoms with Crippen molar-refractivity contribution in [2.24, 2.45) is 5.92 Å². The molecule has 0 aromatic carbocycles. The molecule has 6 rings (SSSR count). The molecule has 0 aromatic heterocycles. The summed E-state index contributed by atoms with van der Waals surface area (Å²) >= 11 is 0. The number of carboxylic acids is 1. The van der Waals surface area contributed by atoms with Crippen LogP contribution in [0, 0.1) is 5.92 Å². The van der Waals surface area contributed by atoms with Crippen LogP contribution in [0.5, 0.6) is 0 Å². The van der Waals surface area contributed by atoms with Gasteiger partial charge < -0.3 is 128 Å². The van der Waals surface area contributed by atoms with Crippen LogP contribution in [0.15, 0.2) is 0 Å². The molecule has 72 heavy (non-hydrogen) atoms. The zero-order valence-corrected chi connectivity index (χ0v) is 42.8.